The second-order valence-electron chi connectivity index (χ2n) is 5.02. The van der Waals surface area contributed by atoms with E-state index in [9.17, 15) is 4.79 Å². The number of aromatic nitrogens is 4. The zero-order valence-electron chi connectivity index (χ0n) is 12.8. The van der Waals surface area contributed by atoms with Crippen LogP contribution in [0.2, 0.25) is 0 Å². The highest BCUT2D eigenvalue weighted by Gasteiger charge is 2.17. The minimum Gasteiger partial charge on any atom is -0.361 e. The van der Waals surface area contributed by atoms with Gasteiger partial charge in [0, 0.05) is 16.4 Å². The summed E-state index contributed by atoms with van der Waals surface area (Å²) in [5.41, 5.74) is 2.04. The Bertz CT molecular complexity index is 872. The highest BCUT2D eigenvalue weighted by Crippen LogP contribution is 2.18. The fourth-order valence-corrected chi connectivity index (χ4v) is 2.39. The Kier molecular flexibility index (Phi) is 4.81. The molecule has 0 saturated heterocycles. The molecule has 0 fully saturated rings. The van der Waals surface area contributed by atoms with Gasteiger partial charge in [0.1, 0.15) is 0 Å². The summed E-state index contributed by atoms with van der Waals surface area (Å²) in [5, 5.41) is 14.8. The van der Waals surface area contributed by atoms with Crippen molar-refractivity contribution >= 4 is 33.0 Å². The highest BCUT2D eigenvalue weighted by molar-refractivity contribution is 9.10. The fourth-order valence-electron chi connectivity index (χ4n) is 2.12. The van der Waals surface area contributed by atoms with Crippen molar-refractivity contribution in [2.75, 3.05) is 5.32 Å². The van der Waals surface area contributed by atoms with Crippen molar-refractivity contribution in [2.45, 2.75) is 6.92 Å². The van der Waals surface area contributed by atoms with Crippen LogP contribution in [0.4, 0.5) is 5.69 Å². The van der Waals surface area contributed by atoms with Crippen LogP contribution in [-0.4, -0.2) is 26.0 Å². The van der Waals surface area contributed by atoms with E-state index in [-0.39, 0.29) is 5.78 Å². The van der Waals surface area contributed by atoms with Crippen LogP contribution < -0.4 is 5.32 Å². The second kappa shape index (κ2) is 7.18. The van der Waals surface area contributed by atoms with Gasteiger partial charge in [-0.1, -0.05) is 34.1 Å². The van der Waals surface area contributed by atoms with Crippen molar-refractivity contribution in [2.24, 2.45) is 0 Å². The Labute approximate surface area is 147 Å². The summed E-state index contributed by atoms with van der Waals surface area (Å²) < 4.78 is 2.52. The van der Waals surface area contributed by atoms with Crippen molar-refractivity contribution in [1.82, 2.24) is 20.2 Å². The van der Waals surface area contributed by atoms with Crippen LogP contribution in [0.15, 0.2) is 65.3 Å². The van der Waals surface area contributed by atoms with Crippen LogP contribution >= 0.6 is 15.9 Å². The molecule has 7 heteroatoms. The average Bonchev–Trinajstić information content (AvgIpc) is 3.06. The molecule has 0 radical (unpaired) electrons. The molecule has 6 nitrogen and oxygen atoms in total. The Hall–Kier alpha value is -2.80. The smallest absolute Gasteiger partial charge is 0.192 e. The number of ketones is 1. The number of nitrogens with one attached hydrogen (secondary N) is 1. The predicted molar refractivity (Wildman–Crippen MR) is 95.6 cm³/mol. The number of hydrogen-bond acceptors (Lipinski definition) is 5. The lowest BCUT2D eigenvalue weighted by Gasteiger charge is -2.07. The third kappa shape index (κ3) is 3.57. The van der Waals surface area contributed by atoms with E-state index in [0.29, 0.717) is 11.4 Å². The number of nitrogens with zero attached hydrogens (tertiary/aromatic N) is 4. The predicted octanol–water partition coefficient (Wildman–Crippen LogP) is 3.47. The molecule has 3 aromatic rings. The number of benzene rings is 2. The van der Waals surface area contributed by atoms with Crippen LogP contribution in [0, 0.1) is 0 Å². The summed E-state index contributed by atoms with van der Waals surface area (Å²) in [6.07, 6.45) is 1.62. The first-order chi connectivity index (χ1) is 11.6. The zero-order valence-corrected chi connectivity index (χ0v) is 14.4. The molecule has 1 heterocycles. The van der Waals surface area contributed by atoms with Crippen molar-refractivity contribution < 1.29 is 4.79 Å². The summed E-state index contributed by atoms with van der Waals surface area (Å²) in [5.74, 6) is 0.255. The number of hydrogen-bond donors (Lipinski definition) is 1. The van der Waals surface area contributed by atoms with Gasteiger partial charge in [0.25, 0.3) is 0 Å². The van der Waals surface area contributed by atoms with E-state index < -0.39 is 0 Å². The van der Waals surface area contributed by atoms with Gasteiger partial charge in [0.2, 0.25) is 0 Å². The molecule has 0 aliphatic carbocycles. The molecule has 120 valence electrons. The van der Waals surface area contributed by atoms with Crippen molar-refractivity contribution in [3.05, 3.63) is 71.1 Å². The van der Waals surface area contributed by atoms with Crippen molar-refractivity contribution in [3.8, 4) is 5.69 Å². The maximum absolute atomic E-state index is 12.1. The number of Topliss-reactive ketones (excluding diaryl/α,β-unsaturated/α-hetero) is 1. The van der Waals surface area contributed by atoms with Gasteiger partial charge in [-0.2, -0.15) is 4.68 Å². The highest BCUT2D eigenvalue weighted by atomic mass is 79.9. The Morgan fingerprint density at radius 2 is 1.83 bits per heavy atom. The molecule has 0 aliphatic heterocycles. The van der Waals surface area contributed by atoms with Crippen LogP contribution in [0.25, 0.3) is 11.3 Å². The van der Waals surface area contributed by atoms with E-state index in [4.69, 9.17) is 0 Å². The molecule has 3 rings (SSSR count). The van der Waals surface area contributed by atoms with Crippen LogP contribution in [-0.2, 0) is 4.79 Å². The summed E-state index contributed by atoms with van der Waals surface area (Å²) in [4.78, 5) is 12.1. The summed E-state index contributed by atoms with van der Waals surface area (Å²) >= 11 is 3.39. The molecule has 0 bridgehead atoms. The number of halogens is 1. The van der Waals surface area contributed by atoms with E-state index in [0.717, 1.165) is 15.8 Å². The minimum atomic E-state index is -0.133. The monoisotopic (exact) mass is 383 g/mol. The van der Waals surface area contributed by atoms with Gasteiger partial charge in [-0.25, -0.2) is 0 Å². The summed E-state index contributed by atoms with van der Waals surface area (Å²) in [6.45, 7) is 1.49. The summed E-state index contributed by atoms with van der Waals surface area (Å²) in [6, 6.07) is 17.1. The lowest BCUT2D eigenvalue weighted by molar-refractivity contribution is -0.111. The van der Waals surface area contributed by atoms with Gasteiger partial charge in [-0.3, -0.25) is 4.79 Å². The number of tetrazole rings is 1. The molecule has 0 saturated carbocycles. The van der Waals surface area contributed by atoms with Crippen molar-refractivity contribution in [1.29, 1.82) is 0 Å². The second-order valence-corrected chi connectivity index (χ2v) is 5.93. The standard InChI is InChI=1S/C17H14BrN5O/c1-12(24)16(11-19-14-9-7-13(18)8-10-14)17-20-21-22-23(17)15-5-3-2-4-6-15/h2-11,19H,1H3. The Balaban J connectivity index is 1.95. The molecular formula is C17H14BrN5O. The Morgan fingerprint density at radius 1 is 1.12 bits per heavy atom. The van der Waals surface area contributed by atoms with E-state index in [1.807, 2.05) is 54.6 Å². The molecule has 2 aromatic carbocycles. The van der Waals surface area contributed by atoms with E-state index in [1.165, 1.54) is 11.6 Å². The minimum absolute atomic E-state index is 0.133. The van der Waals surface area contributed by atoms with Crippen LogP contribution in [0.3, 0.4) is 0 Å². The third-order valence-corrected chi connectivity index (χ3v) is 3.85. The lowest BCUT2D eigenvalue weighted by Crippen LogP contribution is -2.08. The van der Waals surface area contributed by atoms with Crippen molar-refractivity contribution in [3.63, 3.8) is 0 Å². The zero-order chi connectivity index (χ0) is 16.9. The molecule has 1 N–H and O–H groups in total. The molecular weight excluding hydrogens is 370 g/mol. The van der Waals surface area contributed by atoms with Crippen LogP contribution in [0.1, 0.15) is 12.7 Å². The summed E-state index contributed by atoms with van der Waals surface area (Å²) in [7, 11) is 0. The van der Waals surface area contributed by atoms with Gasteiger partial charge in [-0.05, 0) is 53.7 Å². The average molecular weight is 384 g/mol. The first kappa shape index (κ1) is 16.1. The molecule has 0 aliphatic rings. The molecule has 0 atom stereocenters. The molecule has 1 aromatic heterocycles. The number of carbonyl (C=O) groups excluding carboxylic acids is 1. The third-order valence-electron chi connectivity index (χ3n) is 3.32. The molecule has 0 spiro atoms. The number of para-hydroxylation sites is 1. The van der Waals surface area contributed by atoms with Gasteiger partial charge in [0.05, 0.1) is 11.3 Å². The normalized spacial score (nSPS) is 11.3. The maximum atomic E-state index is 12.1. The number of carbonyl (C=O) groups is 1. The van der Waals surface area contributed by atoms with Gasteiger partial charge >= 0.3 is 0 Å². The fraction of sp³-hybridized carbons (Fsp3) is 0.0588. The largest absolute Gasteiger partial charge is 0.361 e. The van der Waals surface area contributed by atoms with Gasteiger partial charge in [-0.15, -0.1) is 5.10 Å². The maximum Gasteiger partial charge on any atom is 0.192 e. The SMILES string of the molecule is CC(=O)C(=CNc1ccc(Br)cc1)c1nnnn1-c1ccccc1. The molecule has 0 amide bonds. The topological polar surface area (TPSA) is 72.7 Å². The Morgan fingerprint density at radius 3 is 2.50 bits per heavy atom. The van der Waals surface area contributed by atoms with Crippen LogP contribution in [0.5, 0.6) is 0 Å². The molecule has 24 heavy (non-hydrogen) atoms. The number of anilines is 1. The first-order valence-corrected chi connectivity index (χ1v) is 8.02. The molecule has 0 unspecified atom stereocenters. The first-order valence-electron chi connectivity index (χ1n) is 7.22. The lowest BCUT2D eigenvalue weighted by atomic mass is 10.2. The van der Waals surface area contributed by atoms with E-state index in [2.05, 4.69) is 36.8 Å². The van der Waals surface area contributed by atoms with Gasteiger partial charge < -0.3 is 5.32 Å². The van der Waals surface area contributed by atoms with Gasteiger partial charge in [0.15, 0.2) is 11.6 Å². The number of rotatable bonds is 5. The number of allylic oxidation sites excluding steroid dienone is 1. The van der Waals surface area contributed by atoms with E-state index >= 15 is 0 Å². The quantitative estimate of drug-likeness (QED) is 0.682. The van der Waals surface area contributed by atoms with E-state index in [1.54, 1.807) is 6.20 Å².